The predicted octanol–water partition coefficient (Wildman–Crippen LogP) is 3.15. The van der Waals surface area contributed by atoms with Gasteiger partial charge >= 0.3 is 0 Å². The maximum atomic E-state index is 5.95. The Morgan fingerprint density at radius 1 is 1.44 bits per heavy atom. The molecule has 2 aromatic rings. The number of hydrogen-bond acceptors (Lipinski definition) is 4. The van der Waals surface area contributed by atoms with Crippen LogP contribution in [-0.4, -0.2) is 4.98 Å². The SMILES string of the molecule is Cc1nc(C2Cc3ccccc3O2)sc1C(C)N. The Morgan fingerprint density at radius 3 is 2.89 bits per heavy atom. The zero-order valence-corrected chi connectivity index (χ0v) is 11.3. The molecule has 0 amide bonds. The van der Waals surface area contributed by atoms with E-state index in [0.29, 0.717) is 0 Å². The van der Waals surface area contributed by atoms with Gasteiger partial charge in [-0.2, -0.15) is 0 Å². The van der Waals surface area contributed by atoms with Crippen LogP contribution in [0.15, 0.2) is 24.3 Å². The molecule has 18 heavy (non-hydrogen) atoms. The molecule has 0 saturated carbocycles. The van der Waals surface area contributed by atoms with E-state index in [-0.39, 0.29) is 12.1 Å². The summed E-state index contributed by atoms with van der Waals surface area (Å²) < 4.78 is 5.95. The molecule has 2 heterocycles. The summed E-state index contributed by atoms with van der Waals surface area (Å²) >= 11 is 1.67. The molecule has 0 bridgehead atoms. The van der Waals surface area contributed by atoms with E-state index in [1.807, 2.05) is 32.0 Å². The lowest BCUT2D eigenvalue weighted by Gasteiger charge is -2.06. The molecule has 0 spiro atoms. The fourth-order valence-electron chi connectivity index (χ4n) is 2.31. The minimum Gasteiger partial charge on any atom is -0.483 e. The highest BCUT2D eigenvalue weighted by molar-refractivity contribution is 7.11. The Labute approximate surface area is 111 Å². The van der Waals surface area contributed by atoms with Crippen molar-refractivity contribution in [2.24, 2.45) is 5.73 Å². The quantitative estimate of drug-likeness (QED) is 0.902. The fraction of sp³-hybridized carbons (Fsp3) is 0.357. The van der Waals surface area contributed by atoms with Gasteiger partial charge in [-0.25, -0.2) is 4.98 Å². The summed E-state index contributed by atoms with van der Waals surface area (Å²) in [7, 11) is 0. The van der Waals surface area contributed by atoms with Crippen molar-refractivity contribution in [3.05, 3.63) is 45.4 Å². The molecule has 2 N–H and O–H groups in total. The normalized spacial score (nSPS) is 19.4. The molecule has 2 atom stereocenters. The Balaban J connectivity index is 1.88. The molecule has 1 aliphatic rings. The minimum atomic E-state index is 0.0417. The number of para-hydroxylation sites is 1. The first-order valence-electron chi connectivity index (χ1n) is 6.12. The number of rotatable bonds is 2. The van der Waals surface area contributed by atoms with Crippen LogP contribution in [0.5, 0.6) is 5.75 Å². The summed E-state index contributed by atoms with van der Waals surface area (Å²) in [6, 6.07) is 8.22. The first-order chi connectivity index (χ1) is 8.65. The predicted molar refractivity (Wildman–Crippen MR) is 73.0 cm³/mol. The first kappa shape index (κ1) is 11.7. The van der Waals surface area contributed by atoms with E-state index in [1.165, 1.54) is 5.56 Å². The van der Waals surface area contributed by atoms with Gasteiger partial charge in [-0.15, -0.1) is 11.3 Å². The molecular weight excluding hydrogens is 244 g/mol. The fourth-order valence-corrected chi connectivity index (χ4v) is 3.36. The van der Waals surface area contributed by atoms with E-state index in [1.54, 1.807) is 11.3 Å². The average Bonchev–Trinajstić information content (AvgIpc) is 2.91. The van der Waals surface area contributed by atoms with Gasteiger partial charge in [0.1, 0.15) is 10.8 Å². The number of fused-ring (bicyclic) bond motifs is 1. The van der Waals surface area contributed by atoms with Crippen LogP contribution in [0, 0.1) is 6.92 Å². The van der Waals surface area contributed by atoms with Crippen molar-refractivity contribution in [3.63, 3.8) is 0 Å². The highest BCUT2D eigenvalue weighted by Crippen LogP contribution is 2.39. The zero-order chi connectivity index (χ0) is 12.7. The zero-order valence-electron chi connectivity index (χ0n) is 10.5. The Kier molecular flexibility index (Phi) is 2.84. The van der Waals surface area contributed by atoms with Crippen molar-refractivity contribution in [1.29, 1.82) is 0 Å². The van der Waals surface area contributed by atoms with Crippen LogP contribution >= 0.6 is 11.3 Å². The summed E-state index contributed by atoms with van der Waals surface area (Å²) in [4.78, 5) is 5.77. The smallest absolute Gasteiger partial charge is 0.154 e. The van der Waals surface area contributed by atoms with Crippen molar-refractivity contribution in [3.8, 4) is 5.75 Å². The lowest BCUT2D eigenvalue weighted by molar-refractivity contribution is 0.238. The van der Waals surface area contributed by atoms with Gasteiger partial charge in [0, 0.05) is 17.3 Å². The molecule has 3 rings (SSSR count). The van der Waals surface area contributed by atoms with E-state index in [4.69, 9.17) is 10.5 Å². The van der Waals surface area contributed by atoms with Crippen LogP contribution in [0.25, 0.3) is 0 Å². The monoisotopic (exact) mass is 260 g/mol. The minimum absolute atomic E-state index is 0.0417. The molecule has 0 radical (unpaired) electrons. The second kappa shape index (κ2) is 4.37. The molecule has 2 unspecified atom stereocenters. The van der Waals surface area contributed by atoms with Gasteiger partial charge in [-0.05, 0) is 25.5 Å². The number of thiazole rings is 1. The lowest BCUT2D eigenvalue weighted by atomic mass is 10.1. The molecule has 1 aromatic heterocycles. The molecule has 1 aromatic carbocycles. The lowest BCUT2D eigenvalue weighted by Crippen LogP contribution is -2.03. The third kappa shape index (κ3) is 1.91. The molecule has 0 aliphatic carbocycles. The Morgan fingerprint density at radius 2 is 2.22 bits per heavy atom. The summed E-state index contributed by atoms with van der Waals surface area (Å²) in [6.45, 7) is 4.01. The van der Waals surface area contributed by atoms with E-state index in [9.17, 15) is 0 Å². The van der Waals surface area contributed by atoms with Crippen LogP contribution in [0.2, 0.25) is 0 Å². The summed E-state index contributed by atoms with van der Waals surface area (Å²) in [5.41, 5.74) is 8.23. The summed E-state index contributed by atoms with van der Waals surface area (Å²) in [5, 5.41) is 1.04. The van der Waals surface area contributed by atoms with Crippen molar-refractivity contribution in [2.75, 3.05) is 0 Å². The standard InChI is InChI=1S/C14H16N2OS/c1-8(15)13-9(2)16-14(18-13)12-7-10-5-3-4-6-11(10)17-12/h3-6,8,12H,7,15H2,1-2H3. The molecule has 0 saturated heterocycles. The second-order valence-corrected chi connectivity index (χ2v) is 5.77. The van der Waals surface area contributed by atoms with Gasteiger partial charge in [0.05, 0.1) is 5.69 Å². The molecule has 0 fully saturated rings. The maximum absolute atomic E-state index is 5.95. The first-order valence-corrected chi connectivity index (χ1v) is 6.94. The van der Waals surface area contributed by atoms with E-state index >= 15 is 0 Å². The average molecular weight is 260 g/mol. The van der Waals surface area contributed by atoms with E-state index in [2.05, 4.69) is 11.1 Å². The Hall–Kier alpha value is -1.39. The number of nitrogens with two attached hydrogens (primary N) is 1. The van der Waals surface area contributed by atoms with Crippen LogP contribution in [-0.2, 0) is 6.42 Å². The van der Waals surface area contributed by atoms with Crippen LogP contribution in [0.1, 0.15) is 40.2 Å². The van der Waals surface area contributed by atoms with Crippen molar-refractivity contribution >= 4 is 11.3 Å². The van der Waals surface area contributed by atoms with Gasteiger partial charge in [0.25, 0.3) is 0 Å². The number of aromatic nitrogens is 1. The van der Waals surface area contributed by atoms with Crippen molar-refractivity contribution in [2.45, 2.75) is 32.4 Å². The largest absolute Gasteiger partial charge is 0.483 e. The summed E-state index contributed by atoms with van der Waals surface area (Å²) in [5.74, 6) is 0.984. The van der Waals surface area contributed by atoms with Crippen molar-refractivity contribution in [1.82, 2.24) is 4.98 Å². The van der Waals surface area contributed by atoms with E-state index < -0.39 is 0 Å². The third-order valence-electron chi connectivity index (χ3n) is 3.19. The number of hydrogen-bond donors (Lipinski definition) is 1. The topological polar surface area (TPSA) is 48.1 Å². The number of benzene rings is 1. The maximum Gasteiger partial charge on any atom is 0.154 e. The van der Waals surface area contributed by atoms with Crippen LogP contribution in [0.4, 0.5) is 0 Å². The van der Waals surface area contributed by atoms with Gasteiger partial charge in [-0.1, -0.05) is 18.2 Å². The number of ether oxygens (including phenoxy) is 1. The molecule has 3 nitrogen and oxygen atoms in total. The van der Waals surface area contributed by atoms with Crippen molar-refractivity contribution < 1.29 is 4.74 Å². The summed E-state index contributed by atoms with van der Waals surface area (Å²) in [6.07, 6.45) is 0.959. The van der Waals surface area contributed by atoms with E-state index in [0.717, 1.165) is 27.7 Å². The van der Waals surface area contributed by atoms with Gasteiger partial charge in [0.15, 0.2) is 6.10 Å². The van der Waals surface area contributed by atoms with Gasteiger partial charge in [-0.3, -0.25) is 0 Å². The molecule has 94 valence electrons. The molecule has 1 aliphatic heterocycles. The van der Waals surface area contributed by atoms with Crippen LogP contribution in [0.3, 0.4) is 0 Å². The molecular formula is C14H16N2OS. The Bertz CT molecular complexity index is 552. The highest BCUT2D eigenvalue weighted by Gasteiger charge is 2.27. The number of nitrogens with zero attached hydrogens (tertiary/aromatic N) is 1. The number of aryl methyl sites for hydroxylation is 1. The van der Waals surface area contributed by atoms with Gasteiger partial charge < -0.3 is 10.5 Å². The molecule has 4 heteroatoms. The van der Waals surface area contributed by atoms with Crippen LogP contribution < -0.4 is 10.5 Å². The third-order valence-corrected chi connectivity index (χ3v) is 4.64. The highest BCUT2D eigenvalue weighted by atomic mass is 32.1. The second-order valence-electron chi connectivity index (χ2n) is 4.71. The van der Waals surface area contributed by atoms with Gasteiger partial charge in [0.2, 0.25) is 0 Å².